The van der Waals surface area contributed by atoms with Crippen LogP contribution in [0.4, 0.5) is 5.69 Å². The van der Waals surface area contributed by atoms with Gasteiger partial charge in [0.25, 0.3) is 0 Å². The Hall–Kier alpha value is -1.81. The Morgan fingerprint density at radius 2 is 2.00 bits per heavy atom. The quantitative estimate of drug-likeness (QED) is 0.943. The molecule has 2 aromatic rings. The van der Waals surface area contributed by atoms with Gasteiger partial charge in [0.05, 0.1) is 0 Å². The molecule has 23 heavy (non-hydrogen) atoms. The highest BCUT2D eigenvalue weighted by atomic mass is 15.2. The van der Waals surface area contributed by atoms with Crippen LogP contribution in [0.25, 0.3) is 0 Å². The zero-order valence-electron chi connectivity index (χ0n) is 14.0. The van der Waals surface area contributed by atoms with Crippen LogP contribution in [0.5, 0.6) is 0 Å². The third-order valence-corrected chi connectivity index (χ3v) is 5.51. The number of aromatic amines is 1. The number of hydrogen-bond donors (Lipinski definition) is 1. The van der Waals surface area contributed by atoms with Crippen LogP contribution < -0.4 is 4.90 Å². The van der Waals surface area contributed by atoms with Gasteiger partial charge in [0.1, 0.15) is 0 Å². The number of piperidine rings is 1. The Labute approximate surface area is 138 Å². The zero-order valence-corrected chi connectivity index (χ0v) is 14.0. The average Bonchev–Trinajstić information content (AvgIpc) is 3.25. The maximum Gasteiger partial charge on any atom is 0.0492 e. The number of rotatable bonds is 4. The number of anilines is 1. The van der Waals surface area contributed by atoms with Gasteiger partial charge < -0.3 is 4.90 Å². The largest absolute Gasteiger partial charge is 0.371 e. The van der Waals surface area contributed by atoms with E-state index in [9.17, 15) is 0 Å². The summed E-state index contributed by atoms with van der Waals surface area (Å²) >= 11 is 0. The van der Waals surface area contributed by atoms with E-state index >= 15 is 0 Å². The molecular formula is C19H26N4. The van der Waals surface area contributed by atoms with Gasteiger partial charge >= 0.3 is 0 Å². The second-order valence-corrected chi connectivity index (χ2v) is 7.02. The Morgan fingerprint density at radius 3 is 2.78 bits per heavy atom. The van der Waals surface area contributed by atoms with Crippen molar-refractivity contribution in [1.82, 2.24) is 15.1 Å². The molecule has 1 aromatic carbocycles. The molecule has 0 radical (unpaired) electrons. The van der Waals surface area contributed by atoms with Gasteiger partial charge in [0.15, 0.2) is 0 Å². The molecule has 0 saturated carbocycles. The van der Waals surface area contributed by atoms with Gasteiger partial charge in [-0.15, -0.1) is 0 Å². The highest BCUT2D eigenvalue weighted by Gasteiger charge is 2.23. The number of hydrogen-bond acceptors (Lipinski definition) is 3. The van der Waals surface area contributed by atoms with Crippen LogP contribution in [0, 0.1) is 0 Å². The summed E-state index contributed by atoms with van der Waals surface area (Å²) < 4.78 is 0. The lowest BCUT2D eigenvalue weighted by atomic mass is 10.0. The minimum Gasteiger partial charge on any atom is -0.371 e. The van der Waals surface area contributed by atoms with Crippen LogP contribution in [0.2, 0.25) is 0 Å². The molecule has 4 heteroatoms. The Kier molecular flexibility index (Phi) is 4.08. The summed E-state index contributed by atoms with van der Waals surface area (Å²) in [5.74, 6) is 0. The molecule has 0 bridgehead atoms. The van der Waals surface area contributed by atoms with Gasteiger partial charge in [-0.05, 0) is 68.5 Å². The molecule has 1 saturated heterocycles. The first-order valence-corrected chi connectivity index (χ1v) is 8.85. The number of H-pyrrole nitrogens is 1. The smallest absolute Gasteiger partial charge is 0.0492 e. The predicted octanol–water partition coefficient (Wildman–Crippen LogP) is 3.00. The van der Waals surface area contributed by atoms with Crippen LogP contribution >= 0.6 is 0 Å². The maximum atomic E-state index is 4.04. The van der Waals surface area contributed by atoms with Crippen LogP contribution in [0.15, 0.2) is 30.5 Å². The maximum absolute atomic E-state index is 4.04. The van der Waals surface area contributed by atoms with Crippen molar-refractivity contribution in [1.29, 1.82) is 0 Å². The van der Waals surface area contributed by atoms with Gasteiger partial charge in [0, 0.05) is 43.3 Å². The van der Waals surface area contributed by atoms with Gasteiger partial charge in [-0.3, -0.25) is 10.00 Å². The minimum absolute atomic E-state index is 0.670. The summed E-state index contributed by atoms with van der Waals surface area (Å²) in [5.41, 5.74) is 5.79. The fourth-order valence-electron chi connectivity index (χ4n) is 4.09. The molecule has 2 heterocycles. The third-order valence-electron chi connectivity index (χ3n) is 5.51. The molecule has 4 nitrogen and oxygen atoms in total. The van der Waals surface area contributed by atoms with Crippen molar-refractivity contribution in [3.05, 3.63) is 47.3 Å². The van der Waals surface area contributed by atoms with Crippen LogP contribution in [0.3, 0.4) is 0 Å². The van der Waals surface area contributed by atoms with E-state index in [1.165, 1.54) is 43.5 Å². The molecule has 0 unspecified atom stereocenters. The molecule has 1 aliphatic heterocycles. The predicted molar refractivity (Wildman–Crippen MR) is 93.8 cm³/mol. The van der Waals surface area contributed by atoms with Crippen LogP contribution in [0.1, 0.15) is 36.1 Å². The molecular weight excluding hydrogens is 284 g/mol. The SMILES string of the molecule is CN(Cc1ccn[nH]1)C1CCN(c2ccc3c(c2)CCC3)CC1. The lowest BCUT2D eigenvalue weighted by molar-refractivity contribution is 0.198. The summed E-state index contributed by atoms with van der Waals surface area (Å²) in [6, 6.07) is 9.86. The van der Waals surface area contributed by atoms with E-state index in [-0.39, 0.29) is 0 Å². The highest BCUT2D eigenvalue weighted by molar-refractivity contribution is 5.52. The first-order valence-electron chi connectivity index (χ1n) is 8.85. The van der Waals surface area contributed by atoms with E-state index < -0.39 is 0 Å². The zero-order chi connectivity index (χ0) is 15.6. The fraction of sp³-hybridized carbons (Fsp3) is 0.526. The number of nitrogens with zero attached hydrogens (tertiary/aromatic N) is 3. The summed E-state index contributed by atoms with van der Waals surface area (Å²) in [5, 5.41) is 7.10. The van der Waals surface area contributed by atoms with Crippen molar-refractivity contribution in [2.45, 2.75) is 44.7 Å². The normalized spacial score (nSPS) is 18.6. The second kappa shape index (κ2) is 6.36. The molecule has 1 aromatic heterocycles. The van der Waals surface area contributed by atoms with Crippen molar-refractivity contribution in [2.75, 3.05) is 25.0 Å². The Morgan fingerprint density at radius 1 is 1.17 bits per heavy atom. The van der Waals surface area contributed by atoms with E-state index in [1.54, 1.807) is 11.1 Å². The summed E-state index contributed by atoms with van der Waals surface area (Å²) in [6.07, 6.45) is 8.19. The van der Waals surface area contributed by atoms with Crippen molar-refractivity contribution < 1.29 is 0 Å². The number of aromatic nitrogens is 2. The van der Waals surface area contributed by atoms with E-state index in [0.29, 0.717) is 6.04 Å². The molecule has 1 N–H and O–H groups in total. The van der Waals surface area contributed by atoms with E-state index in [1.807, 2.05) is 6.20 Å². The summed E-state index contributed by atoms with van der Waals surface area (Å²) in [7, 11) is 2.23. The number of benzene rings is 1. The third kappa shape index (κ3) is 3.13. The molecule has 1 aliphatic carbocycles. The lowest BCUT2D eigenvalue weighted by Gasteiger charge is -2.38. The topological polar surface area (TPSA) is 35.2 Å². The fourth-order valence-corrected chi connectivity index (χ4v) is 4.09. The highest BCUT2D eigenvalue weighted by Crippen LogP contribution is 2.29. The average molecular weight is 310 g/mol. The van der Waals surface area contributed by atoms with Gasteiger partial charge in [-0.25, -0.2) is 0 Å². The Balaban J connectivity index is 1.35. The molecule has 0 amide bonds. The van der Waals surface area contributed by atoms with Crippen LogP contribution in [-0.2, 0) is 19.4 Å². The lowest BCUT2D eigenvalue weighted by Crippen LogP contribution is -2.43. The molecule has 4 rings (SSSR count). The van der Waals surface area contributed by atoms with Crippen molar-refractivity contribution >= 4 is 5.69 Å². The summed E-state index contributed by atoms with van der Waals surface area (Å²) in [6.45, 7) is 3.29. The van der Waals surface area contributed by atoms with Gasteiger partial charge in [-0.1, -0.05) is 6.07 Å². The first-order chi connectivity index (χ1) is 11.3. The number of aryl methyl sites for hydroxylation is 2. The molecule has 2 aliphatic rings. The minimum atomic E-state index is 0.670. The number of fused-ring (bicyclic) bond motifs is 1. The summed E-state index contributed by atoms with van der Waals surface area (Å²) in [4.78, 5) is 5.03. The van der Waals surface area contributed by atoms with Crippen LogP contribution in [-0.4, -0.2) is 41.3 Å². The van der Waals surface area contributed by atoms with Gasteiger partial charge in [-0.2, -0.15) is 5.10 Å². The van der Waals surface area contributed by atoms with Crippen molar-refractivity contribution in [3.8, 4) is 0 Å². The Bertz CT molecular complexity index is 641. The van der Waals surface area contributed by atoms with Gasteiger partial charge in [0.2, 0.25) is 0 Å². The standard InChI is InChI=1S/C19H26N4/c1-22(14-17-7-10-20-21-17)18-8-11-23(12-9-18)19-6-5-15-3-2-4-16(15)13-19/h5-7,10,13,18H,2-4,8-9,11-12,14H2,1H3,(H,20,21). The molecule has 1 fully saturated rings. The monoisotopic (exact) mass is 310 g/mol. The van der Waals surface area contributed by atoms with E-state index in [4.69, 9.17) is 0 Å². The molecule has 122 valence electrons. The number of nitrogens with one attached hydrogen (secondary N) is 1. The first kappa shape index (κ1) is 14.8. The molecule has 0 spiro atoms. The van der Waals surface area contributed by atoms with E-state index in [0.717, 1.165) is 19.6 Å². The second-order valence-electron chi connectivity index (χ2n) is 7.02. The van der Waals surface area contributed by atoms with Crippen molar-refractivity contribution in [3.63, 3.8) is 0 Å². The molecule has 0 atom stereocenters. The van der Waals surface area contributed by atoms with E-state index in [2.05, 4.69) is 51.3 Å². The van der Waals surface area contributed by atoms with Crippen molar-refractivity contribution in [2.24, 2.45) is 0 Å².